The Labute approximate surface area is 196 Å². The summed E-state index contributed by atoms with van der Waals surface area (Å²) in [6.07, 6.45) is 3.11. The van der Waals surface area contributed by atoms with Gasteiger partial charge in [-0.15, -0.1) is 11.3 Å². The number of carbonyl (C=O) groups is 2. The molecule has 172 valence electrons. The molecule has 1 aromatic carbocycles. The van der Waals surface area contributed by atoms with Crippen LogP contribution in [-0.4, -0.2) is 64.4 Å². The molecule has 4 rings (SSSR count). The van der Waals surface area contributed by atoms with Gasteiger partial charge in [0, 0.05) is 37.4 Å². The summed E-state index contributed by atoms with van der Waals surface area (Å²) in [6, 6.07) is 11.4. The zero-order valence-corrected chi connectivity index (χ0v) is 19.5. The van der Waals surface area contributed by atoms with Crippen molar-refractivity contribution in [3.8, 4) is 5.75 Å². The third-order valence-electron chi connectivity index (χ3n) is 5.39. The van der Waals surface area contributed by atoms with Gasteiger partial charge < -0.3 is 19.3 Å². The van der Waals surface area contributed by atoms with Crippen LogP contribution in [0, 0.1) is 6.92 Å². The van der Waals surface area contributed by atoms with Crippen LogP contribution in [0.1, 0.15) is 26.6 Å². The summed E-state index contributed by atoms with van der Waals surface area (Å²) >= 11 is 1.41. The van der Waals surface area contributed by atoms with Crippen molar-refractivity contribution >= 4 is 23.2 Å². The molecule has 1 saturated heterocycles. The van der Waals surface area contributed by atoms with Crippen LogP contribution in [-0.2, 0) is 22.7 Å². The van der Waals surface area contributed by atoms with Crippen molar-refractivity contribution in [3.05, 3.63) is 76.0 Å². The van der Waals surface area contributed by atoms with Gasteiger partial charge in [0.1, 0.15) is 18.0 Å². The molecule has 1 unspecified atom stereocenters. The number of hydrogen-bond donors (Lipinski definition) is 0. The van der Waals surface area contributed by atoms with E-state index < -0.39 is 0 Å². The first-order valence-corrected chi connectivity index (χ1v) is 11.5. The van der Waals surface area contributed by atoms with E-state index in [4.69, 9.17) is 9.47 Å². The highest BCUT2D eigenvalue weighted by Gasteiger charge is 2.32. The summed E-state index contributed by atoms with van der Waals surface area (Å²) in [4.78, 5) is 37.9. The first-order chi connectivity index (χ1) is 16.0. The minimum absolute atomic E-state index is 0.0156. The second kappa shape index (κ2) is 10.5. The molecule has 3 aromatic rings. The molecule has 2 amide bonds. The van der Waals surface area contributed by atoms with Gasteiger partial charge in [-0.1, -0.05) is 18.2 Å². The molecule has 33 heavy (non-hydrogen) atoms. The van der Waals surface area contributed by atoms with Crippen molar-refractivity contribution in [2.75, 3.05) is 26.7 Å². The number of rotatable bonds is 7. The largest absolute Gasteiger partial charge is 0.497 e. The van der Waals surface area contributed by atoms with Gasteiger partial charge >= 0.3 is 0 Å². The molecule has 2 aromatic heterocycles. The number of amides is 2. The number of nitrogens with zero attached hydrogens (tertiary/aromatic N) is 4. The van der Waals surface area contributed by atoms with E-state index in [1.54, 1.807) is 34.7 Å². The number of pyridine rings is 1. The lowest BCUT2D eigenvalue weighted by Gasteiger charge is -2.25. The Kier molecular flexibility index (Phi) is 7.31. The predicted octanol–water partition coefficient (Wildman–Crippen LogP) is 2.93. The van der Waals surface area contributed by atoms with Crippen LogP contribution in [0.2, 0.25) is 0 Å². The number of hydrogen-bond acceptors (Lipinski definition) is 7. The molecule has 0 spiro atoms. The van der Waals surface area contributed by atoms with E-state index in [1.807, 2.05) is 43.3 Å². The molecule has 0 N–H and O–H groups in total. The lowest BCUT2D eigenvalue weighted by Crippen LogP contribution is -2.39. The fraction of sp³-hybridized carbons (Fsp3) is 0.333. The summed E-state index contributed by atoms with van der Waals surface area (Å²) in [5.74, 6) is 0.376. The molecule has 8 nitrogen and oxygen atoms in total. The van der Waals surface area contributed by atoms with E-state index in [-0.39, 0.29) is 24.5 Å². The summed E-state index contributed by atoms with van der Waals surface area (Å²) in [5.41, 5.74) is 2.27. The van der Waals surface area contributed by atoms with Crippen molar-refractivity contribution in [3.63, 3.8) is 0 Å². The fourth-order valence-corrected chi connectivity index (χ4v) is 4.25. The van der Waals surface area contributed by atoms with Gasteiger partial charge in [0.25, 0.3) is 5.91 Å². The number of ether oxygens (including phenoxy) is 2. The first-order valence-electron chi connectivity index (χ1n) is 10.6. The van der Waals surface area contributed by atoms with Gasteiger partial charge in [0.2, 0.25) is 5.91 Å². The quantitative estimate of drug-likeness (QED) is 0.532. The van der Waals surface area contributed by atoms with Crippen LogP contribution in [0.5, 0.6) is 5.75 Å². The number of carbonyl (C=O) groups excluding carboxylic acids is 2. The van der Waals surface area contributed by atoms with Crippen LogP contribution in [0.25, 0.3) is 0 Å². The number of aryl methyl sites for hydroxylation is 1. The molecule has 0 bridgehead atoms. The van der Waals surface area contributed by atoms with Crippen LogP contribution in [0.15, 0.2) is 54.2 Å². The van der Waals surface area contributed by atoms with Crippen molar-refractivity contribution in [1.82, 2.24) is 19.8 Å². The van der Waals surface area contributed by atoms with Crippen LogP contribution < -0.4 is 4.74 Å². The molecule has 9 heteroatoms. The monoisotopic (exact) mass is 466 g/mol. The Hall–Kier alpha value is -3.30. The highest BCUT2D eigenvalue weighted by atomic mass is 32.1. The lowest BCUT2D eigenvalue weighted by atomic mass is 10.2. The topological polar surface area (TPSA) is 84.9 Å². The van der Waals surface area contributed by atoms with Gasteiger partial charge in [-0.2, -0.15) is 0 Å². The van der Waals surface area contributed by atoms with Crippen LogP contribution in [0.4, 0.5) is 0 Å². The average Bonchev–Trinajstić information content (AvgIpc) is 3.21. The van der Waals surface area contributed by atoms with Gasteiger partial charge in [-0.3, -0.25) is 14.6 Å². The molecule has 1 aliphatic heterocycles. The van der Waals surface area contributed by atoms with E-state index in [9.17, 15) is 9.59 Å². The van der Waals surface area contributed by atoms with Crippen molar-refractivity contribution in [1.29, 1.82) is 0 Å². The van der Waals surface area contributed by atoms with Crippen molar-refractivity contribution in [2.45, 2.75) is 26.2 Å². The SMILES string of the molecule is COc1ccc(CN2CC(OCc3cccnc3)CN(C(=O)c3csc(C)n3)CC2=O)cc1. The maximum absolute atomic E-state index is 13.1. The maximum atomic E-state index is 13.1. The number of aromatic nitrogens is 2. The maximum Gasteiger partial charge on any atom is 0.273 e. The van der Waals surface area contributed by atoms with Gasteiger partial charge in [-0.25, -0.2) is 4.98 Å². The highest BCUT2D eigenvalue weighted by molar-refractivity contribution is 7.09. The summed E-state index contributed by atoms with van der Waals surface area (Å²) in [5, 5.41) is 2.54. The molecule has 0 radical (unpaired) electrons. The smallest absolute Gasteiger partial charge is 0.273 e. The minimum Gasteiger partial charge on any atom is -0.497 e. The molecule has 0 aliphatic carbocycles. The predicted molar refractivity (Wildman–Crippen MR) is 124 cm³/mol. The average molecular weight is 467 g/mol. The second-order valence-electron chi connectivity index (χ2n) is 7.85. The summed E-state index contributed by atoms with van der Waals surface area (Å²) < 4.78 is 11.4. The Morgan fingerprint density at radius 3 is 2.67 bits per heavy atom. The molecule has 1 atom stereocenters. The number of thiazole rings is 1. The van der Waals surface area contributed by atoms with E-state index >= 15 is 0 Å². The van der Waals surface area contributed by atoms with Gasteiger partial charge in [0.05, 0.1) is 24.8 Å². The molecule has 1 fully saturated rings. The zero-order chi connectivity index (χ0) is 23.2. The Morgan fingerprint density at radius 1 is 1.18 bits per heavy atom. The normalized spacial score (nSPS) is 16.5. The van der Waals surface area contributed by atoms with Crippen LogP contribution >= 0.6 is 11.3 Å². The summed E-state index contributed by atoms with van der Waals surface area (Å²) in [6.45, 7) is 3.30. The highest BCUT2D eigenvalue weighted by Crippen LogP contribution is 2.18. The van der Waals surface area contributed by atoms with Crippen LogP contribution in [0.3, 0.4) is 0 Å². The van der Waals surface area contributed by atoms with E-state index in [2.05, 4.69) is 9.97 Å². The Balaban J connectivity index is 1.52. The van der Waals surface area contributed by atoms with Crippen molar-refractivity contribution in [2.24, 2.45) is 0 Å². The third kappa shape index (κ3) is 5.94. The molecular formula is C24H26N4O4S. The zero-order valence-electron chi connectivity index (χ0n) is 18.6. The first kappa shape index (κ1) is 22.9. The Bertz CT molecular complexity index is 1090. The van der Waals surface area contributed by atoms with Gasteiger partial charge in [0.15, 0.2) is 0 Å². The molecule has 3 heterocycles. The van der Waals surface area contributed by atoms with E-state index in [1.165, 1.54) is 11.3 Å². The number of methoxy groups -OCH3 is 1. The minimum atomic E-state index is -0.349. The van der Waals surface area contributed by atoms with E-state index in [0.29, 0.717) is 31.9 Å². The fourth-order valence-electron chi connectivity index (χ4n) is 3.66. The standard InChI is InChI=1S/C24H26N4O4S/c1-17-26-22(16-33-17)24(30)28-13-21(32-15-19-4-3-9-25-10-19)12-27(23(29)14-28)11-18-5-7-20(31-2)8-6-18/h3-10,16,21H,11-15H2,1-2H3. The molecule has 1 aliphatic rings. The lowest BCUT2D eigenvalue weighted by molar-refractivity contribution is -0.132. The van der Waals surface area contributed by atoms with E-state index in [0.717, 1.165) is 21.9 Å². The van der Waals surface area contributed by atoms with Gasteiger partial charge in [-0.05, 0) is 36.2 Å². The molecular weight excluding hydrogens is 440 g/mol. The number of benzene rings is 1. The third-order valence-corrected chi connectivity index (χ3v) is 6.17. The van der Waals surface area contributed by atoms with Crippen molar-refractivity contribution < 1.29 is 19.1 Å². The summed E-state index contributed by atoms with van der Waals surface area (Å²) in [7, 11) is 1.62. The Morgan fingerprint density at radius 2 is 2.00 bits per heavy atom. The second-order valence-corrected chi connectivity index (χ2v) is 8.92. The molecule has 0 saturated carbocycles.